The van der Waals surface area contributed by atoms with Gasteiger partial charge in [-0.15, -0.1) is 0 Å². The predicted molar refractivity (Wildman–Crippen MR) is 64.5 cm³/mol. The first-order chi connectivity index (χ1) is 7.45. The van der Waals surface area contributed by atoms with E-state index >= 15 is 0 Å². The van der Waals surface area contributed by atoms with Crippen LogP contribution in [0.3, 0.4) is 0 Å². The van der Waals surface area contributed by atoms with Crippen molar-refractivity contribution in [3.05, 3.63) is 22.4 Å². The van der Waals surface area contributed by atoms with E-state index in [1.807, 2.05) is 0 Å². The van der Waals surface area contributed by atoms with E-state index in [1.165, 1.54) is 24.8 Å². The van der Waals surface area contributed by atoms with Crippen LogP contribution in [0.1, 0.15) is 24.8 Å². The number of hydrogen-bond donors (Lipinski definition) is 1. The Morgan fingerprint density at radius 2 is 2.47 bits per heavy atom. The van der Waals surface area contributed by atoms with Crippen LogP contribution in [-0.4, -0.2) is 25.8 Å². The molecule has 2 rings (SSSR count). The molecule has 0 saturated carbocycles. The topological polar surface area (TPSA) is 21.3 Å². The summed E-state index contributed by atoms with van der Waals surface area (Å²) in [6.45, 7) is 3.04. The molecule has 0 amide bonds. The third-order valence-corrected chi connectivity index (χ3v) is 3.55. The first kappa shape index (κ1) is 11.1. The van der Waals surface area contributed by atoms with Gasteiger partial charge in [0.2, 0.25) is 0 Å². The summed E-state index contributed by atoms with van der Waals surface area (Å²) < 4.78 is 5.65. The highest BCUT2D eigenvalue weighted by atomic mass is 32.1. The van der Waals surface area contributed by atoms with Crippen molar-refractivity contribution in [3.63, 3.8) is 0 Å². The van der Waals surface area contributed by atoms with Crippen LogP contribution in [0.5, 0.6) is 0 Å². The number of ether oxygens (including phenoxy) is 1. The number of thiophene rings is 1. The van der Waals surface area contributed by atoms with Gasteiger partial charge in [0.25, 0.3) is 0 Å². The minimum atomic E-state index is 0.459. The van der Waals surface area contributed by atoms with Crippen molar-refractivity contribution in [2.24, 2.45) is 0 Å². The van der Waals surface area contributed by atoms with E-state index in [1.54, 1.807) is 11.3 Å². The summed E-state index contributed by atoms with van der Waals surface area (Å²) in [5, 5.41) is 7.83. The van der Waals surface area contributed by atoms with E-state index in [2.05, 4.69) is 22.1 Å². The lowest BCUT2D eigenvalue weighted by Crippen LogP contribution is -2.32. The Kier molecular flexibility index (Phi) is 4.64. The summed E-state index contributed by atoms with van der Waals surface area (Å²) >= 11 is 1.77. The minimum Gasteiger partial charge on any atom is -0.377 e. The number of nitrogens with one attached hydrogen (secondary N) is 1. The monoisotopic (exact) mass is 225 g/mol. The van der Waals surface area contributed by atoms with E-state index in [0.717, 1.165) is 26.1 Å². The summed E-state index contributed by atoms with van der Waals surface area (Å²) in [4.78, 5) is 0. The second-order valence-electron chi connectivity index (χ2n) is 4.07. The van der Waals surface area contributed by atoms with Gasteiger partial charge in [0.05, 0.1) is 6.10 Å². The molecule has 1 aliphatic rings. The first-order valence-electron chi connectivity index (χ1n) is 5.78. The predicted octanol–water partition coefficient (Wildman–Crippen LogP) is 2.45. The normalized spacial score (nSPS) is 21.7. The summed E-state index contributed by atoms with van der Waals surface area (Å²) in [6.07, 6.45) is 5.39. The molecule has 84 valence electrons. The molecule has 1 aromatic heterocycles. The van der Waals surface area contributed by atoms with Crippen LogP contribution in [0.15, 0.2) is 16.8 Å². The molecule has 1 atom stereocenters. The fourth-order valence-corrected chi connectivity index (χ4v) is 2.60. The van der Waals surface area contributed by atoms with Crippen LogP contribution in [0.2, 0.25) is 0 Å². The van der Waals surface area contributed by atoms with Crippen LogP contribution in [0.4, 0.5) is 0 Å². The largest absolute Gasteiger partial charge is 0.377 e. The summed E-state index contributed by atoms with van der Waals surface area (Å²) in [7, 11) is 0. The Morgan fingerprint density at radius 3 is 3.20 bits per heavy atom. The molecule has 0 spiro atoms. The molecule has 1 saturated heterocycles. The van der Waals surface area contributed by atoms with E-state index in [0.29, 0.717) is 6.10 Å². The lowest BCUT2D eigenvalue weighted by molar-refractivity contribution is 0.0171. The smallest absolute Gasteiger partial charge is 0.0699 e. The fourth-order valence-electron chi connectivity index (χ4n) is 1.90. The molecule has 1 unspecified atom stereocenters. The molecule has 2 heterocycles. The molecule has 1 fully saturated rings. The second-order valence-corrected chi connectivity index (χ2v) is 4.85. The lowest BCUT2D eigenvalue weighted by Gasteiger charge is -2.22. The number of rotatable bonds is 5. The molecule has 0 aromatic carbocycles. The molecular weight excluding hydrogens is 206 g/mol. The zero-order valence-electron chi connectivity index (χ0n) is 9.08. The summed E-state index contributed by atoms with van der Waals surface area (Å²) in [5.41, 5.74) is 1.44. The molecule has 1 N–H and O–H groups in total. The van der Waals surface area contributed by atoms with Crippen molar-refractivity contribution in [1.82, 2.24) is 5.32 Å². The Labute approximate surface area is 95.6 Å². The molecule has 1 aliphatic heterocycles. The van der Waals surface area contributed by atoms with Crippen molar-refractivity contribution in [3.8, 4) is 0 Å². The SMILES string of the molecule is c1cc(CCNCC2CCCCO2)cs1. The maximum atomic E-state index is 5.65. The van der Waals surface area contributed by atoms with Crippen molar-refractivity contribution in [2.45, 2.75) is 31.8 Å². The average Bonchev–Trinajstić information content (AvgIpc) is 2.79. The molecular formula is C12H19NOS. The second kappa shape index (κ2) is 6.26. The van der Waals surface area contributed by atoms with Crippen LogP contribution in [0.25, 0.3) is 0 Å². The van der Waals surface area contributed by atoms with Gasteiger partial charge in [0, 0.05) is 13.2 Å². The van der Waals surface area contributed by atoms with Gasteiger partial charge in [-0.25, -0.2) is 0 Å². The third-order valence-electron chi connectivity index (χ3n) is 2.82. The van der Waals surface area contributed by atoms with Gasteiger partial charge in [0.1, 0.15) is 0 Å². The van der Waals surface area contributed by atoms with Gasteiger partial charge in [-0.3, -0.25) is 0 Å². The highest BCUT2D eigenvalue weighted by molar-refractivity contribution is 7.07. The molecule has 3 heteroatoms. The Hall–Kier alpha value is -0.380. The first-order valence-corrected chi connectivity index (χ1v) is 6.73. The maximum Gasteiger partial charge on any atom is 0.0699 e. The van der Waals surface area contributed by atoms with Gasteiger partial charge in [-0.1, -0.05) is 0 Å². The van der Waals surface area contributed by atoms with Crippen LogP contribution >= 0.6 is 11.3 Å². The van der Waals surface area contributed by atoms with E-state index < -0.39 is 0 Å². The van der Waals surface area contributed by atoms with Crippen LogP contribution in [0, 0.1) is 0 Å². The van der Waals surface area contributed by atoms with Crippen molar-refractivity contribution in [2.75, 3.05) is 19.7 Å². The summed E-state index contributed by atoms with van der Waals surface area (Å²) in [5.74, 6) is 0. The molecule has 15 heavy (non-hydrogen) atoms. The zero-order valence-corrected chi connectivity index (χ0v) is 9.89. The third kappa shape index (κ3) is 3.93. The van der Waals surface area contributed by atoms with Gasteiger partial charge in [-0.05, 0) is 54.6 Å². The quantitative estimate of drug-likeness (QED) is 0.777. The molecule has 1 aromatic rings. The average molecular weight is 225 g/mol. The van der Waals surface area contributed by atoms with Crippen LogP contribution in [-0.2, 0) is 11.2 Å². The molecule has 0 bridgehead atoms. The summed E-state index contributed by atoms with van der Waals surface area (Å²) in [6, 6.07) is 2.20. The van der Waals surface area contributed by atoms with Gasteiger partial charge < -0.3 is 10.1 Å². The Balaban J connectivity index is 1.54. The minimum absolute atomic E-state index is 0.459. The van der Waals surface area contributed by atoms with Crippen molar-refractivity contribution < 1.29 is 4.74 Å². The van der Waals surface area contributed by atoms with E-state index in [4.69, 9.17) is 4.74 Å². The van der Waals surface area contributed by atoms with E-state index in [9.17, 15) is 0 Å². The van der Waals surface area contributed by atoms with Gasteiger partial charge in [0.15, 0.2) is 0 Å². The molecule has 0 radical (unpaired) electrons. The number of hydrogen-bond acceptors (Lipinski definition) is 3. The fraction of sp³-hybridized carbons (Fsp3) is 0.667. The maximum absolute atomic E-state index is 5.65. The zero-order chi connectivity index (χ0) is 10.3. The van der Waals surface area contributed by atoms with Crippen LogP contribution < -0.4 is 5.32 Å². The highest BCUT2D eigenvalue weighted by Gasteiger charge is 2.12. The van der Waals surface area contributed by atoms with Crippen molar-refractivity contribution in [1.29, 1.82) is 0 Å². The standard InChI is InChI=1S/C12H19NOS/c1-2-7-14-12(3-1)9-13-6-4-11-5-8-15-10-11/h5,8,10,12-13H,1-4,6-7,9H2. The van der Waals surface area contributed by atoms with Gasteiger partial charge >= 0.3 is 0 Å². The lowest BCUT2D eigenvalue weighted by atomic mass is 10.1. The van der Waals surface area contributed by atoms with Gasteiger partial charge in [-0.2, -0.15) is 11.3 Å². The van der Waals surface area contributed by atoms with Crippen molar-refractivity contribution >= 4 is 11.3 Å². The Bertz CT molecular complexity index is 255. The van der Waals surface area contributed by atoms with E-state index in [-0.39, 0.29) is 0 Å². The molecule has 2 nitrogen and oxygen atoms in total. The highest BCUT2D eigenvalue weighted by Crippen LogP contribution is 2.11. The Morgan fingerprint density at radius 1 is 1.47 bits per heavy atom. The molecule has 0 aliphatic carbocycles.